The first-order chi connectivity index (χ1) is 13.2. The number of amides is 1. The summed E-state index contributed by atoms with van der Waals surface area (Å²) in [6.45, 7) is 0.117. The van der Waals surface area contributed by atoms with Crippen molar-refractivity contribution in [2.75, 3.05) is 11.4 Å². The highest BCUT2D eigenvalue weighted by molar-refractivity contribution is 9.10. The second-order valence-corrected chi connectivity index (χ2v) is 7.53. The Kier molecular flexibility index (Phi) is 4.53. The molecule has 4 nitrogen and oxygen atoms in total. The van der Waals surface area contributed by atoms with Gasteiger partial charge in [-0.1, -0.05) is 28.1 Å². The lowest BCUT2D eigenvalue weighted by atomic mass is 10.1. The van der Waals surface area contributed by atoms with E-state index in [1.165, 1.54) is 4.90 Å². The number of aromatic amines is 1. The van der Waals surface area contributed by atoms with Crippen molar-refractivity contribution in [1.82, 2.24) is 4.98 Å². The molecule has 28 heavy (non-hydrogen) atoms. The minimum atomic E-state index is -4.36. The normalized spacial score (nSPS) is 14.2. The Hall–Kier alpha value is -2.61. The van der Waals surface area contributed by atoms with Crippen molar-refractivity contribution in [3.05, 3.63) is 63.8 Å². The minimum absolute atomic E-state index is 0.0758. The van der Waals surface area contributed by atoms with Gasteiger partial charge in [0.2, 0.25) is 0 Å². The van der Waals surface area contributed by atoms with Gasteiger partial charge in [0.1, 0.15) is 0 Å². The zero-order chi connectivity index (χ0) is 20.1. The Morgan fingerprint density at radius 3 is 2.57 bits per heavy atom. The van der Waals surface area contributed by atoms with Gasteiger partial charge in [0.25, 0.3) is 11.7 Å². The molecule has 0 fully saturated rings. The van der Waals surface area contributed by atoms with E-state index in [4.69, 9.17) is 0 Å². The molecular weight excluding hydrogens is 437 g/mol. The van der Waals surface area contributed by atoms with Crippen molar-refractivity contribution in [1.29, 1.82) is 0 Å². The van der Waals surface area contributed by atoms with Crippen molar-refractivity contribution in [3.8, 4) is 0 Å². The van der Waals surface area contributed by atoms with Crippen LogP contribution in [0.3, 0.4) is 0 Å². The number of H-pyrrole nitrogens is 1. The molecule has 1 aliphatic rings. The molecular formula is C20H14BrF3N2O2. The molecule has 3 aromatic rings. The number of anilines is 1. The van der Waals surface area contributed by atoms with E-state index in [1.54, 1.807) is 42.5 Å². The summed E-state index contributed by atoms with van der Waals surface area (Å²) in [4.78, 5) is 28.7. The van der Waals surface area contributed by atoms with Gasteiger partial charge >= 0.3 is 6.18 Å². The number of fused-ring (bicyclic) bond motifs is 2. The van der Waals surface area contributed by atoms with Gasteiger partial charge in [-0.05, 0) is 42.3 Å². The molecule has 0 atom stereocenters. The fourth-order valence-electron chi connectivity index (χ4n) is 3.61. The van der Waals surface area contributed by atoms with Crippen LogP contribution in [-0.4, -0.2) is 29.4 Å². The highest BCUT2D eigenvalue weighted by Crippen LogP contribution is 2.33. The van der Waals surface area contributed by atoms with Crippen molar-refractivity contribution in [3.63, 3.8) is 0 Å². The summed E-state index contributed by atoms with van der Waals surface area (Å²) in [6.07, 6.45) is -5.26. The molecule has 0 saturated heterocycles. The number of halogens is 4. The van der Waals surface area contributed by atoms with Crippen LogP contribution >= 0.6 is 15.9 Å². The van der Waals surface area contributed by atoms with E-state index in [-0.39, 0.29) is 18.7 Å². The Morgan fingerprint density at radius 2 is 1.82 bits per heavy atom. The Labute approximate surface area is 166 Å². The van der Waals surface area contributed by atoms with E-state index >= 15 is 0 Å². The fourth-order valence-corrected chi connectivity index (χ4v) is 3.97. The highest BCUT2D eigenvalue weighted by atomic mass is 79.9. The fraction of sp³-hybridized carbons (Fsp3) is 0.200. The number of aromatic nitrogens is 1. The van der Waals surface area contributed by atoms with Crippen molar-refractivity contribution < 1.29 is 22.8 Å². The number of carbonyl (C=O) groups excluding carboxylic acids is 2. The van der Waals surface area contributed by atoms with E-state index in [1.807, 2.05) is 0 Å². The molecule has 0 saturated carbocycles. The van der Waals surface area contributed by atoms with Gasteiger partial charge in [-0.3, -0.25) is 9.59 Å². The third kappa shape index (κ3) is 3.32. The number of hydrogen-bond acceptors (Lipinski definition) is 2. The molecule has 0 aliphatic carbocycles. The predicted octanol–water partition coefficient (Wildman–Crippen LogP) is 4.81. The number of ketones is 1. The number of para-hydroxylation sites is 1. The number of hydrogen-bond donors (Lipinski definition) is 1. The van der Waals surface area contributed by atoms with Crippen LogP contribution in [0.5, 0.6) is 0 Å². The maximum absolute atomic E-state index is 13.0. The van der Waals surface area contributed by atoms with E-state index in [9.17, 15) is 22.8 Å². The van der Waals surface area contributed by atoms with Gasteiger partial charge in [0.05, 0.1) is 17.7 Å². The zero-order valence-electron chi connectivity index (χ0n) is 14.4. The molecule has 1 aromatic heterocycles. The monoisotopic (exact) mass is 450 g/mol. The summed E-state index contributed by atoms with van der Waals surface area (Å²) in [7, 11) is 0. The van der Waals surface area contributed by atoms with Gasteiger partial charge < -0.3 is 9.88 Å². The summed E-state index contributed by atoms with van der Waals surface area (Å²) in [6, 6.07) is 11.9. The first-order valence-electron chi connectivity index (χ1n) is 8.55. The van der Waals surface area contributed by atoms with Gasteiger partial charge in [0.15, 0.2) is 0 Å². The Bertz CT molecular complexity index is 1100. The third-order valence-corrected chi connectivity index (χ3v) is 5.29. The zero-order valence-corrected chi connectivity index (χ0v) is 16.0. The molecule has 144 valence electrons. The quantitative estimate of drug-likeness (QED) is 0.580. The summed E-state index contributed by atoms with van der Waals surface area (Å²) in [5, 5.41) is 0.667. The van der Waals surface area contributed by atoms with Gasteiger partial charge in [-0.15, -0.1) is 0 Å². The average molecular weight is 451 g/mol. The largest absolute Gasteiger partial charge is 0.394 e. The number of nitrogens with one attached hydrogen (secondary N) is 1. The minimum Gasteiger partial charge on any atom is -0.358 e. The topological polar surface area (TPSA) is 53.2 Å². The van der Waals surface area contributed by atoms with Crippen molar-refractivity contribution in [2.45, 2.75) is 19.0 Å². The number of nitrogens with zero attached hydrogens (tertiary/aromatic N) is 1. The molecule has 0 bridgehead atoms. The van der Waals surface area contributed by atoms with Crippen LogP contribution in [0.2, 0.25) is 0 Å². The molecule has 1 N–H and O–H groups in total. The van der Waals surface area contributed by atoms with E-state index in [0.29, 0.717) is 27.7 Å². The molecule has 0 unspecified atom stereocenters. The van der Waals surface area contributed by atoms with Gasteiger partial charge in [0, 0.05) is 27.6 Å². The van der Waals surface area contributed by atoms with Crippen molar-refractivity contribution in [2.24, 2.45) is 0 Å². The smallest absolute Gasteiger partial charge is 0.358 e. The molecule has 0 radical (unpaired) electrons. The van der Waals surface area contributed by atoms with E-state index in [2.05, 4.69) is 20.9 Å². The summed E-state index contributed by atoms with van der Waals surface area (Å²) in [5.41, 5.74) is 1.99. The van der Waals surface area contributed by atoms with Crippen LogP contribution in [-0.2, 0) is 17.6 Å². The summed E-state index contributed by atoms with van der Waals surface area (Å²) in [5.74, 6) is -1.24. The lowest BCUT2D eigenvalue weighted by molar-refractivity contribution is -0.127. The van der Waals surface area contributed by atoms with Crippen LogP contribution < -0.4 is 4.90 Å². The summed E-state index contributed by atoms with van der Waals surface area (Å²) < 4.78 is 39.9. The first kappa shape index (κ1) is 18.7. The number of Topliss-reactive ketones (excluding diaryl/α,β-unsaturated/α-hetero) is 1. The first-order valence-corrected chi connectivity index (χ1v) is 9.35. The van der Waals surface area contributed by atoms with Gasteiger partial charge in [-0.2, -0.15) is 13.2 Å². The number of alkyl halides is 3. The summed E-state index contributed by atoms with van der Waals surface area (Å²) >= 11 is 3.35. The highest BCUT2D eigenvalue weighted by Gasteiger charge is 2.36. The molecule has 2 heterocycles. The van der Waals surface area contributed by atoms with Crippen LogP contribution in [0.4, 0.5) is 18.9 Å². The van der Waals surface area contributed by atoms with Crippen LogP contribution in [0.15, 0.2) is 46.9 Å². The third-order valence-electron chi connectivity index (χ3n) is 4.80. The number of carbonyl (C=O) groups is 2. The van der Waals surface area contributed by atoms with Crippen LogP contribution in [0, 0.1) is 0 Å². The molecule has 0 spiro atoms. The molecule has 1 aliphatic heterocycles. The Morgan fingerprint density at radius 1 is 1.07 bits per heavy atom. The van der Waals surface area contributed by atoms with Gasteiger partial charge in [-0.25, -0.2) is 0 Å². The molecule has 2 aromatic carbocycles. The maximum Gasteiger partial charge on any atom is 0.394 e. The second-order valence-electron chi connectivity index (χ2n) is 6.62. The lowest BCUT2D eigenvalue weighted by Gasteiger charge is -2.17. The molecule has 4 rings (SSSR count). The number of rotatable bonds is 4. The molecule has 1 amide bonds. The predicted molar refractivity (Wildman–Crippen MR) is 103 cm³/mol. The maximum atomic E-state index is 13.0. The van der Waals surface area contributed by atoms with E-state index < -0.39 is 24.3 Å². The Balaban J connectivity index is 1.70. The second kappa shape index (κ2) is 6.77. The van der Waals surface area contributed by atoms with Crippen LogP contribution in [0.1, 0.15) is 21.6 Å². The molecule has 8 heteroatoms. The average Bonchev–Trinajstić information content (AvgIpc) is 3.07. The SMILES string of the molecule is O=C1C(=O)N(CCc2c(CC(F)(F)F)[nH]c3ccc(Br)cc23)c2ccccc21. The van der Waals surface area contributed by atoms with Crippen LogP contribution in [0.25, 0.3) is 10.9 Å². The lowest BCUT2D eigenvalue weighted by Crippen LogP contribution is -2.31. The standard InChI is InChI=1S/C20H14BrF3N2O2/c21-11-5-6-15-14(9-11)12(16(25-15)10-20(22,23)24)7-8-26-17-4-2-1-3-13(17)18(27)19(26)28/h1-6,9,25H,7-8,10H2. The number of benzene rings is 2. The van der Waals surface area contributed by atoms with E-state index in [0.717, 1.165) is 4.47 Å². The van der Waals surface area contributed by atoms with Crippen molar-refractivity contribution >= 4 is 44.2 Å².